The van der Waals surface area contributed by atoms with E-state index in [-0.39, 0.29) is 46.5 Å². The monoisotopic (exact) mass is 580 g/mol. The molecule has 0 atom stereocenters. The molecule has 0 saturated heterocycles. The molecule has 0 aliphatic heterocycles. The van der Waals surface area contributed by atoms with Crippen molar-refractivity contribution in [1.29, 1.82) is 0 Å². The minimum absolute atomic E-state index is 0. The van der Waals surface area contributed by atoms with E-state index in [9.17, 15) is 0 Å². The first-order valence-electron chi connectivity index (χ1n) is 12.0. The van der Waals surface area contributed by atoms with Gasteiger partial charge in [0.1, 0.15) is 0 Å². The van der Waals surface area contributed by atoms with Gasteiger partial charge >= 0.3 is 21.7 Å². The van der Waals surface area contributed by atoms with Gasteiger partial charge in [0, 0.05) is 10.8 Å². The summed E-state index contributed by atoms with van der Waals surface area (Å²) in [4.78, 5) is 0. The number of halogens is 2. The minimum atomic E-state index is 0. The van der Waals surface area contributed by atoms with Crippen LogP contribution in [0.4, 0.5) is 0 Å². The molecule has 8 rings (SSSR count). The molecule has 4 nitrogen and oxygen atoms in total. The van der Waals surface area contributed by atoms with Gasteiger partial charge in [0.05, 0.1) is 23.4 Å². The Bertz CT molecular complexity index is 1770. The van der Waals surface area contributed by atoms with E-state index in [0.717, 1.165) is 22.4 Å². The van der Waals surface area contributed by atoms with Crippen LogP contribution in [-0.4, -0.2) is 19.6 Å². The van der Waals surface area contributed by atoms with Crippen molar-refractivity contribution in [2.24, 2.45) is 0 Å². The van der Waals surface area contributed by atoms with Gasteiger partial charge < -0.3 is 24.8 Å². The Morgan fingerprint density at radius 3 is 1.23 bits per heavy atom. The Morgan fingerprint density at radius 1 is 0.462 bits per heavy atom. The minimum Gasteiger partial charge on any atom is -1.00 e. The van der Waals surface area contributed by atoms with Crippen molar-refractivity contribution < 1.29 is 46.5 Å². The first-order valence-corrected chi connectivity index (χ1v) is 12.0. The van der Waals surface area contributed by atoms with Crippen LogP contribution >= 0.6 is 0 Å². The van der Waals surface area contributed by atoms with Gasteiger partial charge in [-0.25, -0.2) is 0 Å². The molecule has 0 spiro atoms. The molecule has 0 amide bonds. The fraction of sp³-hybridized carbons (Fsp3) is 0. The standard InChI is InChI=1S/2C16H11N2.2ClH.Ti/c2*1-2-6-13-10-15(9-12(13)5-1)18-16-8-4-3-7-14(16)11-17-18;;;/h2*1-11H;2*1H;/q2*-1;;;+4/p-2. The molecular weight excluding hydrogens is 559 g/mol. The van der Waals surface area contributed by atoms with Gasteiger partial charge in [0.2, 0.25) is 0 Å². The zero-order chi connectivity index (χ0) is 23.9. The molecule has 2 aromatic heterocycles. The summed E-state index contributed by atoms with van der Waals surface area (Å²) < 4.78 is 3.99. The molecule has 0 bridgehead atoms. The summed E-state index contributed by atoms with van der Waals surface area (Å²) in [6, 6.07) is 42.0. The van der Waals surface area contributed by atoms with E-state index in [0.29, 0.717) is 0 Å². The average molecular weight is 581 g/mol. The Morgan fingerprint density at radius 2 is 0.821 bits per heavy atom. The van der Waals surface area contributed by atoms with E-state index in [4.69, 9.17) is 0 Å². The zero-order valence-electron chi connectivity index (χ0n) is 20.7. The van der Waals surface area contributed by atoms with Crippen molar-refractivity contribution in [1.82, 2.24) is 19.6 Å². The Balaban J connectivity index is 0.000000168. The quantitative estimate of drug-likeness (QED) is 0.231. The molecule has 0 radical (unpaired) electrons. The Labute approximate surface area is 253 Å². The number of para-hydroxylation sites is 2. The van der Waals surface area contributed by atoms with E-state index >= 15 is 0 Å². The number of hydrogen-bond donors (Lipinski definition) is 0. The summed E-state index contributed by atoms with van der Waals surface area (Å²) >= 11 is 0. The normalized spacial score (nSPS) is 10.5. The molecule has 2 heterocycles. The van der Waals surface area contributed by atoms with Crippen molar-refractivity contribution in [2.45, 2.75) is 0 Å². The topological polar surface area (TPSA) is 35.6 Å². The summed E-state index contributed by atoms with van der Waals surface area (Å²) in [7, 11) is 0. The van der Waals surface area contributed by atoms with Crippen LogP contribution in [0.2, 0.25) is 0 Å². The van der Waals surface area contributed by atoms with Gasteiger partial charge in [-0.05, 0) is 23.5 Å². The zero-order valence-corrected chi connectivity index (χ0v) is 23.8. The summed E-state index contributed by atoms with van der Waals surface area (Å²) in [6.45, 7) is 0. The van der Waals surface area contributed by atoms with Crippen molar-refractivity contribution in [2.75, 3.05) is 0 Å². The second kappa shape index (κ2) is 12.0. The number of fused-ring (bicyclic) bond motifs is 4. The van der Waals surface area contributed by atoms with Crippen molar-refractivity contribution >= 4 is 43.4 Å². The molecule has 0 aliphatic rings. The van der Waals surface area contributed by atoms with Crippen LogP contribution in [0.25, 0.3) is 54.7 Å². The number of aromatic nitrogens is 4. The van der Waals surface area contributed by atoms with E-state index in [2.05, 4.69) is 107 Å². The van der Waals surface area contributed by atoms with Crippen LogP contribution in [0.15, 0.2) is 134 Å². The van der Waals surface area contributed by atoms with Crippen LogP contribution < -0.4 is 24.8 Å². The largest absolute Gasteiger partial charge is 4.00 e. The maximum absolute atomic E-state index is 4.48. The molecule has 0 unspecified atom stereocenters. The molecule has 6 aromatic carbocycles. The van der Waals surface area contributed by atoms with E-state index in [1.165, 1.54) is 32.3 Å². The van der Waals surface area contributed by atoms with Crippen molar-refractivity contribution in [3.05, 3.63) is 134 Å². The molecule has 0 saturated carbocycles. The summed E-state index contributed by atoms with van der Waals surface area (Å²) in [5, 5.41) is 16.3. The van der Waals surface area contributed by atoms with Crippen molar-refractivity contribution in [3.8, 4) is 11.4 Å². The third-order valence-electron chi connectivity index (χ3n) is 6.65. The third kappa shape index (κ3) is 5.30. The molecule has 188 valence electrons. The molecular formula is C32H22Cl2N4Ti. The molecule has 7 heteroatoms. The fourth-order valence-electron chi connectivity index (χ4n) is 4.87. The number of hydrogen-bond acceptors (Lipinski definition) is 2. The van der Waals surface area contributed by atoms with Crippen LogP contribution in [0.5, 0.6) is 0 Å². The van der Waals surface area contributed by atoms with Crippen LogP contribution in [0.3, 0.4) is 0 Å². The molecule has 39 heavy (non-hydrogen) atoms. The second-order valence-electron chi connectivity index (χ2n) is 8.92. The predicted octanol–water partition coefficient (Wildman–Crippen LogP) is 1.80. The molecule has 8 aromatic rings. The van der Waals surface area contributed by atoms with E-state index in [1.54, 1.807) is 0 Å². The van der Waals surface area contributed by atoms with Crippen LogP contribution in [0, 0.1) is 0 Å². The molecule has 0 fully saturated rings. The maximum atomic E-state index is 4.48. The van der Waals surface area contributed by atoms with Gasteiger partial charge in [-0.15, -0.1) is 82.2 Å². The van der Waals surface area contributed by atoms with Gasteiger partial charge in [-0.3, -0.25) is 9.36 Å². The number of rotatable bonds is 2. The van der Waals surface area contributed by atoms with Gasteiger partial charge in [-0.2, -0.15) is 10.2 Å². The smallest absolute Gasteiger partial charge is 1.00 e. The van der Waals surface area contributed by atoms with Crippen molar-refractivity contribution in [3.63, 3.8) is 0 Å². The molecule has 0 aliphatic carbocycles. The van der Waals surface area contributed by atoms with E-state index in [1.807, 2.05) is 46.0 Å². The van der Waals surface area contributed by atoms with Crippen LogP contribution in [-0.2, 0) is 21.7 Å². The average Bonchev–Trinajstić information content (AvgIpc) is 3.71. The van der Waals surface area contributed by atoms with Gasteiger partial charge in [-0.1, -0.05) is 48.5 Å². The van der Waals surface area contributed by atoms with Crippen LogP contribution in [0.1, 0.15) is 0 Å². The Kier molecular flexibility index (Phi) is 8.74. The van der Waals surface area contributed by atoms with Gasteiger partial charge in [0.25, 0.3) is 0 Å². The summed E-state index contributed by atoms with van der Waals surface area (Å²) in [5.41, 5.74) is 4.54. The molecule has 0 N–H and O–H groups in total. The van der Waals surface area contributed by atoms with Gasteiger partial charge in [0.15, 0.2) is 0 Å². The second-order valence-corrected chi connectivity index (χ2v) is 8.92. The first kappa shape index (κ1) is 28.3. The predicted molar refractivity (Wildman–Crippen MR) is 148 cm³/mol. The summed E-state index contributed by atoms with van der Waals surface area (Å²) in [5.74, 6) is 0. The third-order valence-corrected chi connectivity index (χ3v) is 6.65. The maximum Gasteiger partial charge on any atom is 4.00 e. The summed E-state index contributed by atoms with van der Waals surface area (Å²) in [6.07, 6.45) is 3.82. The van der Waals surface area contributed by atoms with E-state index < -0.39 is 0 Å². The Hall–Kier alpha value is -3.67. The number of benzene rings is 4. The SMILES string of the molecule is [Cl-].[Cl-].[Ti+4].c1ccc2[cH-]c(-n3ncc4ccccc43)cc2c1.c1ccc2[cH-]c(-n3ncc4ccccc43)cc2c1. The fourth-order valence-corrected chi connectivity index (χ4v) is 4.87. The number of nitrogens with zero attached hydrogens (tertiary/aromatic N) is 4. The first-order chi connectivity index (χ1) is 17.8.